The summed E-state index contributed by atoms with van der Waals surface area (Å²) in [6, 6.07) is 5.53. The minimum absolute atomic E-state index is 0.0245. The normalized spacial score (nSPS) is 16.5. The lowest BCUT2D eigenvalue weighted by Crippen LogP contribution is -2.52. The van der Waals surface area contributed by atoms with E-state index in [-0.39, 0.29) is 11.2 Å². The predicted octanol–water partition coefficient (Wildman–Crippen LogP) is 3.20. The van der Waals surface area contributed by atoms with Gasteiger partial charge in [-0.1, -0.05) is 15.9 Å². The van der Waals surface area contributed by atoms with Crippen LogP contribution in [0.1, 0.15) is 19.3 Å². The summed E-state index contributed by atoms with van der Waals surface area (Å²) in [6.07, 6.45) is 4.30. The SMILES string of the molecule is NC1(CNc2c([N+](=O)[O-])cnc3ccc(Br)cc23)CCC1. The fourth-order valence-corrected chi connectivity index (χ4v) is 2.91. The van der Waals surface area contributed by atoms with Crippen molar-refractivity contribution in [3.63, 3.8) is 0 Å². The van der Waals surface area contributed by atoms with Gasteiger partial charge >= 0.3 is 5.69 Å². The molecule has 1 aromatic carbocycles. The van der Waals surface area contributed by atoms with Crippen LogP contribution in [0.5, 0.6) is 0 Å². The Bertz CT molecular complexity index is 715. The van der Waals surface area contributed by atoms with E-state index in [0.717, 1.165) is 29.1 Å². The van der Waals surface area contributed by atoms with E-state index in [2.05, 4.69) is 26.2 Å². The minimum atomic E-state index is -0.417. The molecular weight excluding hydrogens is 336 g/mol. The van der Waals surface area contributed by atoms with Gasteiger partial charge in [0.15, 0.2) is 0 Å². The second kappa shape index (κ2) is 5.23. The van der Waals surface area contributed by atoms with Crippen LogP contribution in [0.25, 0.3) is 10.9 Å². The number of nitrogens with zero attached hydrogens (tertiary/aromatic N) is 2. The van der Waals surface area contributed by atoms with Crippen molar-refractivity contribution in [3.05, 3.63) is 39.0 Å². The molecule has 1 heterocycles. The number of benzene rings is 1. The Morgan fingerprint density at radius 2 is 2.24 bits per heavy atom. The van der Waals surface area contributed by atoms with Crippen LogP contribution in [0, 0.1) is 10.1 Å². The molecule has 2 aromatic rings. The maximum Gasteiger partial charge on any atom is 0.311 e. The quantitative estimate of drug-likeness (QED) is 0.652. The number of pyridine rings is 1. The van der Waals surface area contributed by atoms with E-state index in [4.69, 9.17) is 5.73 Å². The van der Waals surface area contributed by atoms with Crippen molar-refractivity contribution in [2.75, 3.05) is 11.9 Å². The largest absolute Gasteiger partial charge is 0.377 e. The first-order chi connectivity index (χ1) is 9.98. The Morgan fingerprint density at radius 3 is 2.86 bits per heavy atom. The monoisotopic (exact) mass is 350 g/mol. The van der Waals surface area contributed by atoms with Crippen molar-refractivity contribution < 1.29 is 4.92 Å². The second-order valence-electron chi connectivity index (χ2n) is 5.51. The van der Waals surface area contributed by atoms with Crippen LogP contribution >= 0.6 is 15.9 Å². The molecule has 6 nitrogen and oxygen atoms in total. The molecule has 0 aliphatic heterocycles. The van der Waals surface area contributed by atoms with E-state index in [0.29, 0.717) is 17.7 Å². The summed E-state index contributed by atoms with van der Waals surface area (Å²) in [4.78, 5) is 15.0. The number of nitrogens with two attached hydrogens (primary N) is 1. The van der Waals surface area contributed by atoms with Crippen LogP contribution in [0.4, 0.5) is 11.4 Å². The van der Waals surface area contributed by atoms with Gasteiger partial charge in [-0.15, -0.1) is 0 Å². The number of hydrogen-bond donors (Lipinski definition) is 2. The average molecular weight is 351 g/mol. The maximum atomic E-state index is 11.2. The van der Waals surface area contributed by atoms with Gasteiger partial charge < -0.3 is 11.1 Å². The van der Waals surface area contributed by atoms with E-state index in [1.54, 1.807) is 0 Å². The molecule has 1 saturated carbocycles. The van der Waals surface area contributed by atoms with Crippen LogP contribution in [-0.4, -0.2) is 22.0 Å². The topological polar surface area (TPSA) is 94.1 Å². The Morgan fingerprint density at radius 1 is 1.48 bits per heavy atom. The van der Waals surface area contributed by atoms with Crippen LogP contribution in [0.15, 0.2) is 28.9 Å². The van der Waals surface area contributed by atoms with Gasteiger partial charge in [-0.2, -0.15) is 0 Å². The Kier molecular flexibility index (Phi) is 3.54. The molecule has 3 N–H and O–H groups in total. The minimum Gasteiger partial charge on any atom is -0.377 e. The lowest BCUT2D eigenvalue weighted by Gasteiger charge is -2.38. The van der Waals surface area contributed by atoms with Gasteiger partial charge in [-0.05, 0) is 37.5 Å². The highest BCUT2D eigenvalue weighted by Gasteiger charge is 2.33. The fraction of sp³-hybridized carbons (Fsp3) is 0.357. The molecule has 0 atom stereocenters. The van der Waals surface area contributed by atoms with Gasteiger partial charge in [0.05, 0.1) is 10.4 Å². The first-order valence-corrected chi connectivity index (χ1v) is 7.53. The average Bonchev–Trinajstić information content (AvgIpc) is 2.42. The molecule has 3 rings (SSSR count). The molecule has 7 heteroatoms. The number of aromatic nitrogens is 1. The highest BCUT2D eigenvalue weighted by atomic mass is 79.9. The highest BCUT2D eigenvalue weighted by molar-refractivity contribution is 9.10. The highest BCUT2D eigenvalue weighted by Crippen LogP contribution is 2.35. The summed E-state index contributed by atoms with van der Waals surface area (Å²) < 4.78 is 0.853. The smallest absolute Gasteiger partial charge is 0.311 e. The molecule has 1 fully saturated rings. The molecule has 0 unspecified atom stereocenters. The number of nitro groups is 1. The van der Waals surface area contributed by atoms with Crippen molar-refractivity contribution in [3.8, 4) is 0 Å². The standard InChI is InChI=1S/C14H15BrN4O2/c15-9-2-3-11-10(6-9)13(12(7-17-11)19(20)21)18-8-14(16)4-1-5-14/h2-3,6-7H,1,4-5,8,16H2,(H,17,18). The fourth-order valence-electron chi connectivity index (χ4n) is 2.55. The third-order valence-electron chi connectivity index (χ3n) is 3.97. The molecule has 1 aliphatic rings. The van der Waals surface area contributed by atoms with Gasteiger partial charge in [0.25, 0.3) is 0 Å². The van der Waals surface area contributed by atoms with Gasteiger partial charge in [-0.3, -0.25) is 10.1 Å². The van der Waals surface area contributed by atoms with Crippen molar-refractivity contribution in [2.45, 2.75) is 24.8 Å². The van der Waals surface area contributed by atoms with Crippen molar-refractivity contribution in [1.82, 2.24) is 4.98 Å². The van der Waals surface area contributed by atoms with Crippen LogP contribution in [0.3, 0.4) is 0 Å². The number of anilines is 1. The van der Waals surface area contributed by atoms with E-state index < -0.39 is 4.92 Å². The zero-order valence-electron chi connectivity index (χ0n) is 11.3. The van der Waals surface area contributed by atoms with E-state index in [9.17, 15) is 10.1 Å². The zero-order valence-corrected chi connectivity index (χ0v) is 12.9. The van der Waals surface area contributed by atoms with Gasteiger partial charge in [-0.25, -0.2) is 4.98 Å². The summed E-state index contributed by atoms with van der Waals surface area (Å²) >= 11 is 3.39. The molecule has 110 valence electrons. The second-order valence-corrected chi connectivity index (χ2v) is 6.42. The van der Waals surface area contributed by atoms with Gasteiger partial charge in [0, 0.05) is 21.9 Å². The van der Waals surface area contributed by atoms with Crippen molar-refractivity contribution in [2.24, 2.45) is 5.73 Å². The summed E-state index contributed by atoms with van der Waals surface area (Å²) in [5, 5.41) is 15.1. The van der Waals surface area contributed by atoms with Gasteiger partial charge in [0.2, 0.25) is 0 Å². The molecule has 0 radical (unpaired) electrons. The van der Waals surface area contributed by atoms with Crippen LogP contribution < -0.4 is 11.1 Å². The van der Waals surface area contributed by atoms with Gasteiger partial charge in [0.1, 0.15) is 11.9 Å². The van der Waals surface area contributed by atoms with Crippen LogP contribution in [0.2, 0.25) is 0 Å². The first kappa shape index (κ1) is 14.2. The summed E-state index contributed by atoms with van der Waals surface area (Å²) in [7, 11) is 0. The molecular formula is C14H15BrN4O2. The van der Waals surface area contributed by atoms with Crippen molar-refractivity contribution in [1.29, 1.82) is 0 Å². The van der Waals surface area contributed by atoms with E-state index in [1.165, 1.54) is 6.20 Å². The zero-order chi connectivity index (χ0) is 15.0. The third-order valence-corrected chi connectivity index (χ3v) is 4.47. The number of fused-ring (bicyclic) bond motifs is 1. The molecule has 0 saturated heterocycles. The molecule has 0 amide bonds. The Labute approximate surface area is 130 Å². The Balaban J connectivity index is 2.04. The number of hydrogen-bond acceptors (Lipinski definition) is 5. The molecule has 1 aliphatic carbocycles. The number of halogens is 1. The molecule has 0 spiro atoms. The number of nitrogens with one attached hydrogen (secondary N) is 1. The summed E-state index contributed by atoms with van der Waals surface area (Å²) in [5.41, 5.74) is 7.12. The third kappa shape index (κ3) is 2.71. The summed E-state index contributed by atoms with van der Waals surface area (Å²) in [6.45, 7) is 0.527. The molecule has 0 bridgehead atoms. The predicted molar refractivity (Wildman–Crippen MR) is 85.4 cm³/mol. The van der Waals surface area contributed by atoms with E-state index in [1.807, 2.05) is 18.2 Å². The van der Waals surface area contributed by atoms with Crippen molar-refractivity contribution >= 4 is 38.2 Å². The molecule has 1 aromatic heterocycles. The van der Waals surface area contributed by atoms with Crippen LogP contribution in [-0.2, 0) is 0 Å². The molecule has 21 heavy (non-hydrogen) atoms. The lowest BCUT2D eigenvalue weighted by atomic mass is 9.78. The maximum absolute atomic E-state index is 11.2. The lowest BCUT2D eigenvalue weighted by molar-refractivity contribution is -0.384. The Hall–Kier alpha value is -1.73. The summed E-state index contributed by atoms with van der Waals surface area (Å²) in [5.74, 6) is 0. The first-order valence-electron chi connectivity index (χ1n) is 6.74. The number of rotatable bonds is 4. The van der Waals surface area contributed by atoms with E-state index >= 15 is 0 Å².